The van der Waals surface area contributed by atoms with E-state index >= 15 is 0 Å². The number of nitrogens with zero attached hydrogens (tertiary/aromatic N) is 3. The van der Waals surface area contributed by atoms with Gasteiger partial charge in [0.2, 0.25) is 0 Å². The van der Waals surface area contributed by atoms with Crippen LogP contribution in [0.2, 0.25) is 0 Å². The zero-order valence-corrected chi connectivity index (χ0v) is 13.9. The minimum Gasteiger partial charge on any atom is -0.294 e. The van der Waals surface area contributed by atoms with Crippen molar-refractivity contribution in [2.45, 2.75) is 13.8 Å². The molecule has 7 heteroatoms. The molecule has 0 saturated carbocycles. The molecule has 1 aromatic carbocycles. The van der Waals surface area contributed by atoms with E-state index in [4.69, 9.17) is 12.2 Å². The van der Waals surface area contributed by atoms with E-state index < -0.39 is 0 Å². The fraction of sp³-hybridized carbons (Fsp3) is 0.250. The van der Waals surface area contributed by atoms with Crippen molar-refractivity contribution in [2.24, 2.45) is 0 Å². The standard InChI is InChI=1S/C16H18N6S/c1-11-10-12(2)19-14(18-11)21-15-17-8-9-22(15)16(23)20-13-6-4-3-5-7-13/h3-7,10H,8-9H2,1-2H3,(H2,17,18,19,20,21,23)/p+1. The maximum absolute atomic E-state index is 5.51. The van der Waals surface area contributed by atoms with Crippen LogP contribution in [0.4, 0.5) is 11.6 Å². The van der Waals surface area contributed by atoms with Crippen molar-refractivity contribution in [1.29, 1.82) is 0 Å². The Morgan fingerprint density at radius 2 is 1.87 bits per heavy atom. The number of guanidine groups is 1. The van der Waals surface area contributed by atoms with Gasteiger partial charge in [-0.15, -0.1) is 0 Å². The number of aromatic nitrogens is 2. The summed E-state index contributed by atoms with van der Waals surface area (Å²) in [6.45, 7) is 5.49. The summed E-state index contributed by atoms with van der Waals surface area (Å²) in [5.41, 5.74) is 2.82. The average molecular weight is 327 g/mol. The summed E-state index contributed by atoms with van der Waals surface area (Å²) in [6, 6.07) is 11.8. The highest BCUT2D eigenvalue weighted by Crippen LogP contribution is 2.07. The van der Waals surface area contributed by atoms with Gasteiger partial charge in [0.15, 0.2) is 0 Å². The molecule has 3 rings (SSSR count). The predicted octanol–water partition coefficient (Wildman–Crippen LogP) is 1.87. The van der Waals surface area contributed by atoms with Gasteiger partial charge in [-0.2, -0.15) is 0 Å². The smallest absolute Gasteiger partial charge is 0.294 e. The summed E-state index contributed by atoms with van der Waals surface area (Å²) in [5.74, 6) is 1.36. The first kappa shape index (κ1) is 15.4. The highest BCUT2D eigenvalue weighted by molar-refractivity contribution is 7.80. The normalized spacial score (nSPS) is 13.7. The van der Waals surface area contributed by atoms with Gasteiger partial charge in [-0.05, 0) is 44.3 Å². The second-order valence-corrected chi connectivity index (χ2v) is 5.71. The second-order valence-electron chi connectivity index (χ2n) is 5.32. The van der Waals surface area contributed by atoms with Crippen LogP contribution in [0.1, 0.15) is 11.4 Å². The number of hydrogen-bond acceptors (Lipinski definition) is 5. The summed E-state index contributed by atoms with van der Waals surface area (Å²) in [5, 5.41) is 10.4. The summed E-state index contributed by atoms with van der Waals surface area (Å²) in [6.07, 6.45) is 0. The number of rotatable bonds is 2. The lowest BCUT2D eigenvalue weighted by molar-refractivity contribution is -0.391. The Bertz CT molecular complexity index is 736. The molecule has 0 unspecified atom stereocenters. The fourth-order valence-corrected chi connectivity index (χ4v) is 2.71. The number of aryl methyl sites for hydroxylation is 2. The molecule has 2 aromatic rings. The van der Waals surface area contributed by atoms with Crippen molar-refractivity contribution in [3.8, 4) is 0 Å². The molecule has 0 radical (unpaired) electrons. The molecule has 118 valence electrons. The quantitative estimate of drug-likeness (QED) is 0.578. The van der Waals surface area contributed by atoms with Gasteiger partial charge < -0.3 is 0 Å². The molecule has 6 nitrogen and oxygen atoms in total. The Balaban J connectivity index is 1.79. The second kappa shape index (κ2) is 6.70. The molecule has 0 amide bonds. The van der Waals surface area contributed by atoms with E-state index in [0.29, 0.717) is 11.1 Å². The Morgan fingerprint density at radius 1 is 1.17 bits per heavy atom. The first-order valence-corrected chi connectivity index (χ1v) is 7.86. The molecule has 1 aliphatic heterocycles. The molecule has 2 heterocycles. The van der Waals surface area contributed by atoms with Gasteiger partial charge in [0.1, 0.15) is 0 Å². The zero-order chi connectivity index (χ0) is 16.2. The van der Waals surface area contributed by atoms with Crippen LogP contribution in [-0.4, -0.2) is 38.7 Å². The Morgan fingerprint density at radius 3 is 2.57 bits per heavy atom. The molecule has 1 aliphatic rings. The predicted molar refractivity (Wildman–Crippen MR) is 95.9 cm³/mol. The number of thiocarbonyl (C=S) groups is 1. The lowest BCUT2D eigenvalue weighted by atomic mass is 10.3. The number of hydrogen-bond donors (Lipinski definition) is 3. The molecule has 0 spiro atoms. The lowest BCUT2D eigenvalue weighted by Gasteiger charge is -2.09. The van der Waals surface area contributed by atoms with Gasteiger partial charge >= 0.3 is 5.96 Å². The number of benzene rings is 1. The molecule has 0 fully saturated rings. The SMILES string of the molecule is Cc1cc(C)nc(NC2=[N+](C(=S)Nc3ccccc3)CCN2)n1. The maximum Gasteiger partial charge on any atom is 0.317 e. The molecule has 3 N–H and O–H groups in total. The third-order valence-electron chi connectivity index (χ3n) is 3.38. The van der Waals surface area contributed by atoms with E-state index in [9.17, 15) is 0 Å². The Hall–Kier alpha value is -2.54. The molecule has 0 atom stereocenters. The monoisotopic (exact) mass is 327 g/mol. The summed E-state index contributed by atoms with van der Waals surface area (Å²) < 4.78 is 1.98. The van der Waals surface area contributed by atoms with E-state index in [1.54, 1.807) is 0 Å². The van der Waals surface area contributed by atoms with Crippen molar-refractivity contribution in [3.63, 3.8) is 0 Å². The van der Waals surface area contributed by atoms with Crippen LogP contribution in [0, 0.1) is 13.8 Å². The molecule has 0 saturated heterocycles. The largest absolute Gasteiger partial charge is 0.317 e. The molecule has 23 heavy (non-hydrogen) atoms. The fourth-order valence-electron chi connectivity index (χ4n) is 2.41. The minimum absolute atomic E-state index is 0.569. The number of anilines is 2. The highest BCUT2D eigenvalue weighted by atomic mass is 32.1. The molecule has 0 bridgehead atoms. The summed E-state index contributed by atoms with van der Waals surface area (Å²) in [4.78, 5) is 8.80. The van der Waals surface area contributed by atoms with E-state index in [1.165, 1.54) is 0 Å². The maximum atomic E-state index is 5.51. The van der Waals surface area contributed by atoms with Crippen molar-refractivity contribution in [2.75, 3.05) is 23.7 Å². The van der Waals surface area contributed by atoms with Crippen molar-refractivity contribution >= 4 is 34.9 Å². The number of nitrogens with one attached hydrogen (secondary N) is 3. The van der Waals surface area contributed by atoms with Crippen LogP contribution in [0.25, 0.3) is 0 Å². The minimum atomic E-state index is 0.569. The van der Waals surface area contributed by atoms with E-state index in [0.717, 1.165) is 36.1 Å². The first-order valence-electron chi connectivity index (χ1n) is 7.45. The van der Waals surface area contributed by atoms with Gasteiger partial charge in [-0.3, -0.25) is 10.6 Å². The topological polar surface area (TPSA) is 64.9 Å². The van der Waals surface area contributed by atoms with Crippen molar-refractivity contribution < 1.29 is 4.58 Å². The van der Waals surface area contributed by atoms with Crippen molar-refractivity contribution in [3.05, 3.63) is 47.8 Å². The van der Waals surface area contributed by atoms with E-state index in [1.807, 2.05) is 54.8 Å². The molecule has 0 aliphatic carbocycles. The van der Waals surface area contributed by atoms with Crippen LogP contribution in [-0.2, 0) is 0 Å². The van der Waals surface area contributed by atoms with Crippen LogP contribution >= 0.6 is 12.2 Å². The number of para-hydroxylation sites is 1. The average Bonchev–Trinajstić information content (AvgIpc) is 2.95. The third kappa shape index (κ3) is 3.81. The van der Waals surface area contributed by atoms with Gasteiger partial charge in [0.05, 0.1) is 18.8 Å². The van der Waals surface area contributed by atoms with Gasteiger partial charge in [0, 0.05) is 11.4 Å². The van der Waals surface area contributed by atoms with Crippen molar-refractivity contribution in [1.82, 2.24) is 15.3 Å². The Kier molecular flexibility index (Phi) is 4.47. The van der Waals surface area contributed by atoms with E-state index in [2.05, 4.69) is 25.9 Å². The highest BCUT2D eigenvalue weighted by Gasteiger charge is 2.23. The van der Waals surface area contributed by atoms with Gasteiger partial charge in [-0.1, -0.05) is 18.2 Å². The van der Waals surface area contributed by atoms with E-state index in [-0.39, 0.29) is 0 Å². The third-order valence-corrected chi connectivity index (χ3v) is 3.70. The van der Waals surface area contributed by atoms with Gasteiger partial charge in [-0.25, -0.2) is 19.9 Å². The van der Waals surface area contributed by atoms with Crippen LogP contribution in [0.15, 0.2) is 36.4 Å². The molecular weight excluding hydrogens is 308 g/mol. The lowest BCUT2D eigenvalue weighted by Crippen LogP contribution is -2.36. The van der Waals surface area contributed by atoms with Crippen LogP contribution < -0.4 is 16.0 Å². The summed E-state index contributed by atoms with van der Waals surface area (Å²) in [7, 11) is 0. The van der Waals surface area contributed by atoms with Crippen LogP contribution in [0.5, 0.6) is 0 Å². The Labute approximate surface area is 140 Å². The zero-order valence-electron chi connectivity index (χ0n) is 13.1. The van der Waals surface area contributed by atoms with Crippen LogP contribution in [0.3, 0.4) is 0 Å². The molecule has 1 aromatic heterocycles. The first-order chi connectivity index (χ1) is 11.1. The summed E-state index contributed by atoms with van der Waals surface area (Å²) >= 11 is 5.51. The van der Waals surface area contributed by atoms with Gasteiger partial charge in [0.25, 0.3) is 11.1 Å². The molecular formula is C16H19N6S+.